The van der Waals surface area contributed by atoms with Crippen LogP contribution in [0.1, 0.15) is 241 Å². The molecule has 12 rings (SSSR count). The van der Waals surface area contributed by atoms with Gasteiger partial charge < -0.3 is 68.5 Å². The van der Waals surface area contributed by atoms with Crippen molar-refractivity contribution in [3.05, 3.63) is 208 Å². The summed E-state index contributed by atoms with van der Waals surface area (Å²) < 4.78 is 46.8. The Morgan fingerprint density at radius 1 is 0.234 bits per heavy atom. The summed E-state index contributed by atoms with van der Waals surface area (Å²) in [6.45, 7) is 35.5. The number of aliphatic hydroxyl groups excluding tert-OH is 2. The molecule has 12 aromatic rings. The lowest BCUT2D eigenvalue weighted by Crippen LogP contribution is -2.25. The van der Waals surface area contributed by atoms with Crippen molar-refractivity contribution in [1.82, 2.24) is 44.9 Å². The molecule has 0 saturated heterocycles. The van der Waals surface area contributed by atoms with E-state index in [2.05, 4.69) is 100 Å². The zero-order chi connectivity index (χ0) is 98.0. The summed E-state index contributed by atoms with van der Waals surface area (Å²) in [5, 5.41) is 65.1. The van der Waals surface area contributed by atoms with Gasteiger partial charge in [0.2, 0.25) is 0 Å². The Morgan fingerprint density at radius 3 is 0.803 bits per heavy atom. The molecule has 0 saturated carbocycles. The Morgan fingerprint density at radius 2 is 0.496 bits per heavy atom. The molecule has 23 heteroatoms. The molecule has 3 atom stereocenters. The predicted octanol–water partition coefficient (Wildman–Crippen LogP) is 26.7. The number of aryl methyl sites for hydroxylation is 8. The van der Waals surface area contributed by atoms with Crippen LogP contribution in [0.3, 0.4) is 0 Å². The van der Waals surface area contributed by atoms with Gasteiger partial charge in [-0.25, -0.2) is 44.9 Å². The Balaban J connectivity index is 0.000000212. The molecule has 0 bridgehead atoms. The zero-order valence-electron chi connectivity index (χ0n) is 83.6. The molecular formula is C114H147N9O14. The highest BCUT2D eigenvalue weighted by Crippen LogP contribution is 2.42. The molecule has 3 heterocycles. The largest absolute Gasteiger partial charge is 0.507 e. The summed E-state index contributed by atoms with van der Waals surface area (Å²) in [7, 11) is 0. The highest BCUT2D eigenvalue weighted by Gasteiger charge is 2.25. The van der Waals surface area contributed by atoms with Crippen molar-refractivity contribution < 1.29 is 68.5 Å². The Hall–Kier alpha value is -12.2. The number of aliphatic hydroxyl groups is 2. The number of aromatic nitrogens is 9. The number of unbranched alkanes of at least 4 members (excludes halogenated alkanes) is 15. The maximum atomic E-state index is 11.1. The Labute approximate surface area is 812 Å². The SMILES string of the molecule is CCCCC(CC)COCC(O)COc1ccc(-c2nc(-c3ccc(C)cc3C)nc(-c3ccc(C)cc3C)n2)c(O)c1.CCCCCCCCCCCCCOCC(O)COc1ccc(-c2nc(-c3ccc(C)cc3C)nc(-c3ccc(C)cc3C)n2)c(O)c1.CCCCOc1ccc(-c2nc(-c3ccc(OCCCC)cc3O)nc(-c3ccc(OCCCC)cc3OCCCC)n2)c(O)c1. The molecule has 9 aromatic carbocycles. The topological polar surface area (TPSA) is 311 Å². The van der Waals surface area contributed by atoms with E-state index in [0.29, 0.717) is 149 Å². The van der Waals surface area contributed by atoms with Gasteiger partial charge in [0.15, 0.2) is 52.4 Å². The van der Waals surface area contributed by atoms with Gasteiger partial charge in [-0.1, -0.05) is 253 Å². The van der Waals surface area contributed by atoms with E-state index in [-0.39, 0.29) is 61.1 Å². The third-order valence-corrected chi connectivity index (χ3v) is 23.8. The number of phenolic OH excluding ortho intramolecular Hbond substituents is 4. The van der Waals surface area contributed by atoms with Crippen molar-refractivity contribution in [3.63, 3.8) is 0 Å². The first-order valence-corrected chi connectivity index (χ1v) is 49.7. The van der Waals surface area contributed by atoms with E-state index in [1.165, 1.54) is 82.8 Å². The molecule has 0 aliphatic rings. The molecule has 0 aliphatic heterocycles. The van der Waals surface area contributed by atoms with Crippen LogP contribution in [0.4, 0.5) is 0 Å². The second kappa shape index (κ2) is 56.5. The number of ether oxygens (including phenoxy) is 8. The van der Waals surface area contributed by atoms with Gasteiger partial charge in [0.1, 0.15) is 82.9 Å². The van der Waals surface area contributed by atoms with Crippen molar-refractivity contribution >= 4 is 0 Å². The van der Waals surface area contributed by atoms with Crippen molar-refractivity contribution in [2.24, 2.45) is 5.92 Å². The number of rotatable bonds is 53. The maximum absolute atomic E-state index is 11.1. The fourth-order valence-corrected chi connectivity index (χ4v) is 15.7. The molecule has 3 unspecified atom stereocenters. The number of phenols is 4. The number of nitrogens with zero attached hydrogens (tertiary/aromatic N) is 9. The first-order chi connectivity index (χ1) is 66.4. The Kier molecular flexibility index (Phi) is 44.1. The summed E-state index contributed by atoms with van der Waals surface area (Å²) in [4.78, 5) is 43.3. The quantitative estimate of drug-likeness (QED) is 0.0193. The van der Waals surface area contributed by atoms with Gasteiger partial charge in [-0.2, -0.15) is 0 Å². The summed E-state index contributed by atoms with van der Waals surface area (Å²) in [6.07, 6.45) is 24.9. The second-order valence-electron chi connectivity index (χ2n) is 35.9. The van der Waals surface area contributed by atoms with Gasteiger partial charge in [-0.05, 0) is 183 Å². The van der Waals surface area contributed by atoms with Crippen LogP contribution < -0.4 is 28.4 Å². The van der Waals surface area contributed by atoms with E-state index >= 15 is 0 Å². The standard InChI is InChI=1S/C41H55N3O4.C37H47N3O6.C36H45N3O4/c1-6-7-8-9-10-11-12-13-14-15-16-23-47-27-33(45)28-48-34-19-22-37(38(46)26-34)41-43-39(35-20-17-29(2)24-31(35)4)42-40(44-41)36-21-18-30(3)25-32(36)5;1-5-9-19-43-26-13-16-29(32(41)23-26)35-38-36(30-17-14-27(24-33(30)42)44-20-10-6-2)40-37(39-35)31-18-15-28(45-21-11-7-3)25-34(31)46-22-12-8-4;1-7-9-10-27(8-2)20-42-21-28(40)22-43-29-13-16-32(33(41)19-29)36-38-34(30-14-11-23(3)17-25(30)5)37-35(39-36)31-15-12-24(4)18-26(31)6/h17-22,24-26,33,45-46H,6-16,23,27-28H2,1-5H3;13-18,23-25,41-42H,5-12,19-22H2,1-4H3;11-19,27-28,40-41H,7-10,20-22H2,1-6H3. The first-order valence-electron chi connectivity index (χ1n) is 49.7. The molecule has 0 amide bonds. The highest BCUT2D eigenvalue weighted by molar-refractivity contribution is 5.77. The molecule has 137 heavy (non-hydrogen) atoms. The molecule has 0 spiro atoms. The van der Waals surface area contributed by atoms with Gasteiger partial charge >= 0.3 is 0 Å². The van der Waals surface area contributed by atoms with E-state index in [1.54, 1.807) is 60.7 Å². The molecule has 0 radical (unpaired) electrons. The van der Waals surface area contributed by atoms with Crippen molar-refractivity contribution in [3.8, 4) is 160 Å². The van der Waals surface area contributed by atoms with Crippen LogP contribution in [-0.4, -0.2) is 154 Å². The summed E-state index contributed by atoms with van der Waals surface area (Å²) in [5.41, 5.74) is 14.9. The minimum absolute atomic E-state index is 0.0147. The Bertz CT molecular complexity index is 5540. The fourth-order valence-electron chi connectivity index (χ4n) is 15.7. The van der Waals surface area contributed by atoms with Gasteiger partial charge in [-0.3, -0.25) is 0 Å². The van der Waals surface area contributed by atoms with Crippen LogP contribution in [0.25, 0.3) is 102 Å². The van der Waals surface area contributed by atoms with Crippen LogP contribution in [0.2, 0.25) is 0 Å². The van der Waals surface area contributed by atoms with Crippen molar-refractivity contribution in [1.29, 1.82) is 0 Å². The molecular weight excluding hydrogens is 1720 g/mol. The van der Waals surface area contributed by atoms with Crippen LogP contribution in [0.15, 0.2) is 164 Å². The van der Waals surface area contributed by atoms with Gasteiger partial charge in [0, 0.05) is 65.8 Å². The normalized spacial score (nSPS) is 11.9. The molecule has 732 valence electrons. The van der Waals surface area contributed by atoms with Crippen LogP contribution in [0.5, 0.6) is 57.5 Å². The zero-order valence-corrected chi connectivity index (χ0v) is 83.6. The smallest absolute Gasteiger partial charge is 0.167 e. The van der Waals surface area contributed by atoms with E-state index in [9.17, 15) is 30.6 Å². The molecule has 0 fully saturated rings. The van der Waals surface area contributed by atoms with Crippen LogP contribution >= 0.6 is 0 Å². The lowest BCUT2D eigenvalue weighted by atomic mass is 10.0. The monoisotopic (exact) mass is 1870 g/mol. The summed E-state index contributed by atoms with van der Waals surface area (Å²) >= 11 is 0. The van der Waals surface area contributed by atoms with Gasteiger partial charge in [0.05, 0.1) is 67.5 Å². The van der Waals surface area contributed by atoms with Crippen LogP contribution in [-0.2, 0) is 9.47 Å². The average Bonchev–Trinajstić information content (AvgIpc) is 0.791. The predicted molar refractivity (Wildman–Crippen MR) is 549 cm³/mol. The van der Waals surface area contributed by atoms with Crippen molar-refractivity contribution in [2.45, 2.75) is 264 Å². The van der Waals surface area contributed by atoms with E-state index in [1.807, 2.05) is 94.4 Å². The lowest BCUT2D eigenvalue weighted by molar-refractivity contribution is -0.00111. The number of benzene rings is 9. The number of hydrogen-bond acceptors (Lipinski definition) is 23. The minimum Gasteiger partial charge on any atom is -0.507 e. The van der Waals surface area contributed by atoms with E-state index < -0.39 is 12.2 Å². The summed E-state index contributed by atoms with van der Waals surface area (Å²) in [6, 6.07) is 50.5. The lowest BCUT2D eigenvalue weighted by Gasteiger charge is -2.17. The van der Waals surface area contributed by atoms with Gasteiger partial charge in [-0.15, -0.1) is 0 Å². The third kappa shape index (κ3) is 33.6. The van der Waals surface area contributed by atoms with Crippen molar-refractivity contribution in [2.75, 3.05) is 66.1 Å². The highest BCUT2D eigenvalue weighted by atomic mass is 16.5. The average molecular weight is 1870 g/mol. The van der Waals surface area contributed by atoms with E-state index in [0.717, 1.165) is 144 Å². The maximum Gasteiger partial charge on any atom is 0.167 e. The van der Waals surface area contributed by atoms with Gasteiger partial charge in [0.25, 0.3) is 0 Å². The third-order valence-electron chi connectivity index (χ3n) is 23.8. The minimum atomic E-state index is -0.769. The molecule has 0 aliphatic carbocycles. The number of aromatic hydroxyl groups is 4. The molecule has 23 nitrogen and oxygen atoms in total. The van der Waals surface area contributed by atoms with Crippen LogP contribution in [0, 0.1) is 61.3 Å². The molecule has 3 aromatic heterocycles. The molecule has 6 N–H and O–H groups in total. The van der Waals surface area contributed by atoms with E-state index in [4.69, 9.17) is 82.8 Å². The summed E-state index contributed by atoms with van der Waals surface area (Å²) in [5.74, 6) is 7.43. The fraction of sp³-hybridized carbons (Fsp3) is 0.447. The second-order valence-corrected chi connectivity index (χ2v) is 35.9. The first kappa shape index (κ1) is 107. The number of hydrogen-bond donors (Lipinski definition) is 6.